The first kappa shape index (κ1) is 15.9. The van der Waals surface area contributed by atoms with Gasteiger partial charge in [-0.05, 0) is 32.1 Å². The maximum absolute atomic E-state index is 12.3. The summed E-state index contributed by atoms with van der Waals surface area (Å²) in [5.74, 6) is -1.37. The van der Waals surface area contributed by atoms with E-state index in [9.17, 15) is 9.59 Å². The summed E-state index contributed by atoms with van der Waals surface area (Å²) in [5.41, 5.74) is 0. The minimum atomic E-state index is -1.02. The molecule has 0 spiro atoms. The Bertz CT molecular complexity index is 557. The SMILES string of the molecule is CCN(CC(C)C#N)C(=O)c1ccc(C=CC(=O)O)s1. The van der Waals surface area contributed by atoms with E-state index in [1.54, 1.807) is 24.0 Å². The molecule has 0 radical (unpaired) electrons. The molecule has 1 aromatic rings. The predicted octanol–water partition coefficient (Wildman–Crippen LogP) is 2.47. The Labute approximate surface area is 121 Å². The molecule has 6 heteroatoms. The molecule has 1 amide bonds. The Hall–Kier alpha value is -2.13. The van der Waals surface area contributed by atoms with Gasteiger partial charge < -0.3 is 10.0 Å². The van der Waals surface area contributed by atoms with Gasteiger partial charge in [0.15, 0.2) is 0 Å². The van der Waals surface area contributed by atoms with Crippen molar-refractivity contribution in [3.63, 3.8) is 0 Å². The monoisotopic (exact) mass is 292 g/mol. The van der Waals surface area contributed by atoms with E-state index in [1.165, 1.54) is 17.4 Å². The van der Waals surface area contributed by atoms with Gasteiger partial charge in [0.25, 0.3) is 5.91 Å². The first-order valence-electron chi connectivity index (χ1n) is 6.17. The van der Waals surface area contributed by atoms with Crippen molar-refractivity contribution in [1.29, 1.82) is 5.26 Å². The van der Waals surface area contributed by atoms with Crippen LogP contribution in [0, 0.1) is 17.2 Å². The van der Waals surface area contributed by atoms with Crippen LogP contribution in [0.4, 0.5) is 0 Å². The van der Waals surface area contributed by atoms with Crippen molar-refractivity contribution in [2.75, 3.05) is 13.1 Å². The molecule has 1 aromatic heterocycles. The predicted molar refractivity (Wildman–Crippen MR) is 77.3 cm³/mol. The molecule has 1 rings (SSSR count). The van der Waals surface area contributed by atoms with Crippen molar-refractivity contribution in [1.82, 2.24) is 4.90 Å². The fourth-order valence-electron chi connectivity index (χ4n) is 1.59. The van der Waals surface area contributed by atoms with Crippen LogP contribution >= 0.6 is 11.3 Å². The Morgan fingerprint density at radius 1 is 1.55 bits per heavy atom. The van der Waals surface area contributed by atoms with E-state index in [0.717, 1.165) is 6.08 Å². The van der Waals surface area contributed by atoms with Crippen LogP contribution < -0.4 is 0 Å². The Morgan fingerprint density at radius 3 is 2.80 bits per heavy atom. The molecule has 0 saturated carbocycles. The normalized spacial score (nSPS) is 12.1. The van der Waals surface area contributed by atoms with Gasteiger partial charge in [-0.3, -0.25) is 4.79 Å². The highest BCUT2D eigenvalue weighted by atomic mass is 32.1. The molecule has 0 aliphatic rings. The van der Waals surface area contributed by atoms with Crippen molar-refractivity contribution >= 4 is 29.3 Å². The van der Waals surface area contributed by atoms with E-state index < -0.39 is 5.97 Å². The van der Waals surface area contributed by atoms with Crippen LogP contribution in [0.15, 0.2) is 18.2 Å². The summed E-state index contributed by atoms with van der Waals surface area (Å²) in [6, 6.07) is 5.49. The maximum atomic E-state index is 12.3. The minimum Gasteiger partial charge on any atom is -0.478 e. The van der Waals surface area contributed by atoms with Crippen molar-refractivity contribution in [3.05, 3.63) is 28.0 Å². The molecule has 1 unspecified atom stereocenters. The molecule has 1 N–H and O–H groups in total. The van der Waals surface area contributed by atoms with E-state index >= 15 is 0 Å². The summed E-state index contributed by atoms with van der Waals surface area (Å²) in [7, 11) is 0. The zero-order valence-electron chi connectivity index (χ0n) is 11.4. The van der Waals surface area contributed by atoms with Crippen LogP contribution in [-0.4, -0.2) is 35.0 Å². The number of aliphatic carboxylic acids is 1. The summed E-state index contributed by atoms with van der Waals surface area (Å²) in [5, 5.41) is 17.4. The van der Waals surface area contributed by atoms with Crippen molar-refractivity contribution < 1.29 is 14.7 Å². The number of hydrogen-bond donors (Lipinski definition) is 1. The van der Waals surface area contributed by atoms with Crippen LogP contribution in [0.5, 0.6) is 0 Å². The topological polar surface area (TPSA) is 81.4 Å². The van der Waals surface area contributed by atoms with Gasteiger partial charge in [-0.1, -0.05) is 0 Å². The molecular weight excluding hydrogens is 276 g/mol. The van der Waals surface area contributed by atoms with Gasteiger partial charge in [-0.15, -0.1) is 11.3 Å². The van der Waals surface area contributed by atoms with Gasteiger partial charge in [0.1, 0.15) is 0 Å². The van der Waals surface area contributed by atoms with Gasteiger partial charge in [-0.2, -0.15) is 5.26 Å². The molecule has 0 fully saturated rings. The Balaban J connectivity index is 2.81. The molecule has 1 heterocycles. The Kier molecular flexibility index (Phi) is 5.94. The quantitative estimate of drug-likeness (QED) is 0.817. The molecule has 20 heavy (non-hydrogen) atoms. The van der Waals surface area contributed by atoms with Gasteiger partial charge in [0.05, 0.1) is 16.9 Å². The second-order valence-electron chi connectivity index (χ2n) is 4.25. The number of carboxylic acid groups (broad SMARTS) is 1. The highest BCUT2D eigenvalue weighted by molar-refractivity contribution is 7.14. The van der Waals surface area contributed by atoms with E-state index in [2.05, 4.69) is 6.07 Å². The van der Waals surface area contributed by atoms with E-state index in [1.807, 2.05) is 6.92 Å². The van der Waals surface area contributed by atoms with E-state index in [0.29, 0.717) is 22.8 Å². The molecule has 0 aliphatic heterocycles. The molecule has 106 valence electrons. The lowest BCUT2D eigenvalue weighted by molar-refractivity contribution is -0.131. The second-order valence-corrected chi connectivity index (χ2v) is 5.36. The third-order valence-electron chi connectivity index (χ3n) is 2.61. The molecule has 0 saturated heterocycles. The van der Waals surface area contributed by atoms with Gasteiger partial charge in [0, 0.05) is 24.0 Å². The number of carbonyl (C=O) groups is 2. The maximum Gasteiger partial charge on any atom is 0.328 e. The molecule has 0 bridgehead atoms. The zero-order chi connectivity index (χ0) is 15.1. The van der Waals surface area contributed by atoms with Gasteiger partial charge >= 0.3 is 5.97 Å². The molecule has 0 aromatic carbocycles. The average molecular weight is 292 g/mol. The standard InChI is InChI=1S/C14H16N2O3S/c1-3-16(9-10(2)8-15)14(19)12-6-4-11(20-12)5-7-13(17)18/h4-7,10H,3,9H2,1-2H3,(H,17,18). The summed E-state index contributed by atoms with van der Waals surface area (Å²) in [4.78, 5) is 25.6. The average Bonchev–Trinajstić information content (AvgIpc) is 2.90. The lowest BCUT2D eigenvalue weighted by Gasteiger charge is -2.21. The smallest absolute Gasteiger partial charge is 0.328 e. The van der Waals surface area contributed by atoms with Crippen LogP contribution in [0.25, 0.3) is 6.08 Å². The highest BCUT2D eigenvalue weighted by Crippen LogP contribution is 2.20. The molecule has 5 nitrogen and oxygen atoms in total. The van der Waals surface area contributed by atoms with Crippen molar-refractivity contribution in [2.24, 2.45) is 5.92 Å². The van der Waals surface area contributed by atoms with E-state index in [4.69, 9.17) is 10.4 Å². The molecule has 0 aliphatic carbocycles. The minimum absolute atomic E-state index is 0.130. The lowest BCUT2D eigenvalue weighted by atomic mass is 10.2. The fourth-order valence-corrected chi connectivity index (χ4v) is 2.47. The number of amides is 1. The van der Waals surface area contributed by atoms with Gasteiger partial charge in [0.2, 0.25) is 0 Å². The summed E-state index contributed by atoms with van der Waals surface area (Å²) in [6.07, 6.45) is 2.49. The van der Waals surface area contributed by atoms with Crippen molar-refractivity contribution in [3.8, 4) is 6.07 Å². The molecular formula is C14H16N2O3S. The summed E-state index contributed by atoms with van der Waals surface area (Å²) < 4.78 is 0. The number of carboxylic acids is 1. The highest BCUT2D eigenvalue weighted by Gasteiger charge is 2.18. The lowest BCUT2D eigenvalue weighted by Crippen LogP contribution is -2.33. The molecule has 1 atom stereocenters. The van der Waals surface area contributed by atoms with Crippen molar-refractivity contribution in [2.45, 2.75) is 13.8 Å². The van der Waals surface area contributed by atoms with Gasteiger partial charge in [-0.25, -0.2) is 4.79 Å². The largest absolute Gasteiger partial charge is 0.478 e. The third-order valence-corrected chi connectivity index (χ3v) is 3.65. The first-order chi connectivity index (χ1) is 9.47. The van der Waals surface area contributed by atoms with Crippen LogP contribution in [0.2, 0.25) is 0 Å². The number of nitrogens with zero attached hydrogens (tertiary/aromatic N) is 2. The number of nitriles is 1. The summed E-state index contributed by atoms with van der Waals surface area (Å²) >= 11 is 1.24. The zero-order valence-corrected chi connectivity index (χ0v) is 12.2. The van der Waals surface area contributed by atoms with E-state index in [-0.39, 0.29) is 11.8 Å². The second kappa shape index (κ2) is 7.46. The van der Waals surface area contributed by atoms with Crippen LogP contribution in [-0.2, 0) is 4.79 Å². The van der Waals surface area contributed by atoms with Crippen LogP contribution in [0.3, 0.4) is 0 Å². The first-order valence-corrected chi connectivity index (χ1v) is 6.99. The summed E-state index contributed by atoms with van der Waals surface area (Å²) in [6.45, 7) is 4.55. The number of rotatable bonds is 6. The number of thiophene rings is 1. The number of carbonyl (C=O) groups excluding carboxylic acids is 1. The Morgan fingerprint density at radius 2 is 2.25 bits per heavy atom. The third kappa shape index (κ3) is 4.52. The fraction of sp³-hybridized carbons (Fsp3) is 0.357. The van der Waals surface area contributed by atoms with Crippen LogP contribution in [0.1, 0.15) is 28.4 Å². The number of hydrogen-bond acceptors (Lipinski definition) is 4.